The Kier molecular flexibility index (Phi) is 5.53. The minimum atomic E-state index is -0.329. The lowest BCUT2D eigenvalue weighted by molar-refractivity contribution is -0.135. The average Bonchev–Trinajstić information content (AvgIpc) is 3.42. The largest absolute Gasteiger partial charge is 0.493 e. The first-order chi connectivity index (χ1) is 14.2. The van der Waals surface area contributed by atoms with Crippen LogP contribution in [0.2, 0.25) is 5.02 Å². The second-order valence-corrected chi connectivity index (χ2v) is 6.90. The molecule has 1 amide bonds. The van der Waals surface area contributed by atoms with Gasteiger partial charge in [0.15, 0.2) is 18.1 Å². The number of ether oxygens (including phenoxy) is 2. The Morgan fingerprint density at radius 1 is 1.14 bits per heavy atom. The molecule has 0 spiro atoms. The van der Waals surface area contributed by atoms with E-state index in [1.54, 1.807) is 43.7 Å². The Bertz CT molecular complexity index is 1020. The number of rotatable bonds is 6. The van der Waals surface area contributed by atoms with E-state index in [-0.39, 0.29) is 18.6 Å². The first-order valence-electron chi connectivity index (χ1n) is 9.10. The summed E-state index contributed by atoms with van der Waals surface area (Å²) >= 11 is 5.99. The van der Waals surface area contributed by atoms with E-state index in [1.165, 1.54) is 5.01 Å². The first kappa shape index (κ1) is 19.1. The molecule has 0 bridgehead atoms. The number of hydrogen-bond donors (Lipinski definition) is 0. The molecule has 0 saturated heterocycles. The summed E-state index contributed by atoms with van der Waals surface area (Å²) in [4.78, 5) is 12.9. The molecule has 1 atom stereocenters. The zero-order chi connectivity index (χ0) is 20.2. The van der Waals surface area contributed by atoms with Crippen molar-refractivity contribution < 1.29 is 18.7 Å². The van der Waals surface area contributed by atoms with Gasteiger partial charge in [0.1, 0.15) is 11.8 Å². The average molecular weight is 411 g/mol. The fraction of sp³-hybridized carbons (Fsp3) is 0.182. The van der Waals surface area contributed by atoms with E-state index in [1.807, 2.05) is 30.3 Å². The maximum absolute atomic E-state index is 12.9. The molecule has 1 aliphatic heterocycles. The molecule has 4 rings (SSSR count). The number of carbonyl (C=O) groups excluding carboxylic acids is 1. The maximum Gasteiger partial charge on any atom is 0.281 e. The van der Waals surface area contributed by atoms with Gasteiger partial charge in [-0.1, -0.05) is 35.9 Å². The Morgan fingerprint density at radius 2 is 1.90 bits per heavy atom. The highest BCUT2D eigenvalue weighted by Gasteiger charge is 2.35. The van der Waals surface area contributed by atoms with Crippen LogP contribution < -0.4 is 9.47 Å². The number of nitrogens with zero attached hydrogens (tertiary/aromatic N) is 2. The van der Waals surface area contributed by atoms with E-state index < -0.39 is 0 Å². The van der Waals surface area contributed by atoms with Gasteiger partial charge < -0.3 is 13.9 Å². The molecule has 0 saturated carbocycles. The summed E-state index contributed by atoms with van der Waals surface area (Å²) in [5.74, 6) is 1.46. The Labute approximate surface area is 173 Å². The number of furan rings is 1. The van der Waals surface area contributed by atoms with Crippen molar-refractivity contribution in [3.63, 3.8) is 0 Å². The fourth-order valence-electron chi connectivity index (χ4n) is 3.20. The highest BCUT2D eigenvalue weighted by Crippen LogP contribution is 2.33. The summed E-state index contributed by atoms with van der Waals surface area (Å²) in [6.45, 7) is -0.172. The van der Waals surface area contributed by atoms with Crippen molar-refractivity contribution in [1.29, 1.82) is 0 Å². The van der Waals surface area contributed by atoms with Crippen molar-refractivity contribution in [3.8, 4) is 11.5 Å². The van der Waals surface area contributed by atoms with E-state index in [0.29, 0.717) is 28.7 Å². The molecule has 0 N–H and O–H groups in total. The highest BCUT2D eigenvalue weighted by atomic mass is 35.5. The minimum absolute atomic E-state index is 0.172. The monoisotopic (exact) mass is 410 g/mol. The van der Waals surface area contributed by atoms with Crippen LogP contribution in [0.5, 0.6) is 11.5 Å². The second-order valence-electron chi connectivity index (χ2n) is 6.47. The Morgan fingerprint density at radius 3 is 2.59 bits per heavy atom. The molecule has 0 aliphatic carbocycles. The van der Waals surface area contributed by atoms with E-state index in [4.69, 9.17) is 25.5 Å². The predicted molar refractivity (Wildman–Crippen MR) is 109 cm³/mol. The Hall–Kier alpha value is -3.25. The zero-order valence-corrected chi connectivity index (χ0v) is 16.5. The van der Waals surface area contributed by atoms with Crippen molar-refractivity contribution in [2.75, 3.05) is 13.7 Å². The molecule has 1 aliphatic rings. The molecule has 148 valence electrons. The van der Waals surface area contributed by atoms with Gasteiger partial charge in [-0.05, 0) is 42.0 Å². The number of hydrogen-bond acceptors (Lipinski definition) is 5. The van der Waals surface area contributed by atoms with Gasteiger partial charge >= 0.3 is 0 Å². The standard InChI is InChI=1S/C22H19ClN2O4/c1-27-20-5-2-3-6-21(20)29-14-22(26)25-18(19-7-4-12-28-19)13-17(24-25)15-8-10-16(23)11-9-15/h2-12,18H,13-14H2,1H3. The van der Waals surface area contributed by atoms with Gasteiger partial charge in [-0.25, -0.2) is 5.01 Å². The molecular weight excluding hydrogens is 392 g/mol. The molecule has 7 heteroatoms. The molecule has 6 nitrogen and oxygen atoms in total. The lowest BCUT2D eigenvalue weighted by Gasteiger charge is -2.20. The van der Waals surface area contributed by atoms with Gasteiger partial charge in [0.05, 0.1) is 19.1 Å². The van der Waals surface area contributed by atoms with Crippen LogP contribution in [0.15, 0.2) is 76.4 Å². The molecule has 2 heterocycles. The van der Waals surface area contributed by atoms with E-state index in [2.05, 4.69) is 5.10 Å². The number of hydrazone groups is 1. The van der Waals surface area contributed by atoms with Crippen LogP contribution in [0.1, 0.15) is 23.8 Å². The number of benzene rings is 2. The maximum atomic E-state index is 12.9. The number of amides is 1. The smallest absolute Gasteiger partial charge is 0.281 e. The van der Waals surface area contributed by atoms with Gasteiger partial charge in [-0.15, -0.1) is 0 Å². The van der Waals surface area contributed by atoms with Gasteiger partial charge in [-0.2, -0.15) is 5.10 Å². The van der Waals surface area contributed by atoms with Crippen LogP contribution in [-0.2, 0) is 4.79 Å². The van der Waals surface area contributed by atoms with E-state index >= 15 is 0 Å². The highest BCUT2D eigenvalue weighted by molar-refractivity contribution is 6.30. The molecule has 29 heavy (non-hydrogen) atoms. The summed E-state index contributed by atoms with van der Waals surface area (Å²) in [6.07, 6.45) is 2.12. The molecule has 3 aromatic rings. The van der Waals surface area contributed by atoms with Crippen molar-refractivity contribution in [3.05, 3.63) is 83.3 Å². The van der Waals surface area contributed by atoms with Crippen molar-refractivity contribution in [1.82, 2.24) is 5.01 Å². The molecule has 1 aromatic heterocycles. The first-order valence-corrected chi connectivity index (χ1v) is 9.48. The zero-order valence-electron chi connectivity index (χ0n) is 15.7. The molecule has 0 fully saturated rings. The SMILES string of the molecule is COc1ccccc1OCC(=O)N1N=C(c2ccc(Cl)cc2)CC1c1ccco1. The Balaban J connectivity index is 1.55. The van der Waals surface area contributed by atoms with E-state index in [9.17, 15) is 4.79 Å². The molecule has 2 aromatic carbocycles. The van der Waals surface area contributed by atoms with Crippen molar-refractivity contribution in [2.24, 2.45) is 5.10 Å². The predicted octanol–water partition coefficient (Wildman–Crippen LogP) is 4.70. The molecular formula is C22H19ClN2O4. The summed E-state index contributed by atoms with van der Waals surface area (Å²) in [5.41, 5.74) is 1.70. The number of carbonyl (C=O) groups is 1. The van der Waals surface area contributed by atoms with E-state index in [0.717, 1.165) is 11.3 Å². The minimum Gasteiger partial charge on any atom is -0.493 e. The summed E-state index contributed by atoms with van der Waals surface area (Å²) in [6, 6.07) is 17.9. The topological polar surface area (TPSA) is 64.3 Å². The third-order valence-electron chi connectivity index (χ3n) is 4.64. The summed E-state index contributed by atoms with van der Waals surface area (Å²) in [5, 5.41) is 6.64. The lowest BCUT2D eigenvalue weighted by atomic mass is 10.0. The van der Waals surface area contributed by atoms with Gasteiger partial charge in [0, 0.05) is 11.4 Å². The summed E-state index contributed by atoms with van der Waals surface area (Å²) in [7, 11) is 1.56. The van der Waals surface area contributed by atoms with Gasteiger partial charge in [0.2, 0.25) is 0 Å². The summed E-state index contributed by atoms with van der Waals surface area (Å²) < 4.78 is 16.5. The molecule has 1 unspecified atom stereocenters. The van der Waals surface area contributed by atoms with Crippen LogP contribution >= 0.6 is 11.6 Å². The van der Waals surface area contributed by atoms with Crippen molar-refractivity contribution >= 4 is 23.2 Å². The van der Waals surface area contributed by atoms with Crippen LogP contribution in [0, 0.1) is 0 Å². The number of para-hydroxylation sites is 2. The lowest BCUT2D eigenvalue weighted by Crippen LogP contribution is -2.31. The van der Waals surface area contributed by atoms with Gasteiger partial charge in [-0.3, -0.25) is 4.79 Å². The third-order valence-corrected chi connectivity index (χ3v) is 4.89. The van der Waals surface area contributed by atoms with Crippen LogP contribution in [-0.4, -0.2) is 30.3 Å². The number of halogens is 1. The van der Waals surface area contributed by atoms with Crippen LogP contribution in [0.4, 0.5) is 0 Å². The second kappa shape index (κ2) is 8.41. The van der Waals surface area contributed by atoms with Crippen molar-refractivity contribution in [2.45, 2.75) is 12.5 Å². The quantitative estimate of drug-likeness (QED) is 0.591. The normalized spacial score (nSPS) is 15.9. The van der Waals surface area contributed by atoms with Crippen LogP contribution in [0.3, 0.4) is 0 Å². The molecule has 0 radical (unpaired) electrons. The third kappa shape index (κ3) is 4.12. The van der Waals surface area contributed by atoms with Crippen LogP contribution in [0.25, 0.3) is 0 Å². The fourth-order valence-corrected chi connectivity index (χ4v) is 3.33. The van der Waals surface area contributed by atoms with Gasteiger partial charge in [0.25, 0.3) is 5.91 Å². The number of methoxy groups -OCH3 is 1.